The van der Waals surface area contributed by atoms with Crippen molar-refractivity contribution >= 4 is 28.2 Å². The van der Waals surface area contributed by atoms with Crippen molar-refractivity contribution in [2.45, 2.75) is 85.9 Å². The summed E-state index contributed by atoms with van der Waals surface area (Å²) in [6, 6.07) is 53.9. The number of nitrogens with zero attached hydrogens (tertiary/aromatic N) is 5. The van der Waals surface area contributed by atoms with E-state index in [0.717, 1.165) is 17.3 Å². The summed E-state index contributed by atoms with van der Waals surface area (Å²) in [5.41, 5.74) is 17.6. The van der Waals surface area contributed by atoms with Gasteiger partial charge in [-0.25, -0.2) is 9.55 Å². The minimum Gasteiger partial charge on any atom is -0.317 e. The van der Waals surface area contributed by atoms with E-state index in [9.17, 15) is 0 Å². The van der Waals surface area contributed by atoms with Crippen molar-refractivity contribution in [3.63, 3.8) is 0 Å². The zero-order valence-electron chi connectivity index (χ0n) is 37.4. The Morgan fingerprint density at radius 3 is 1.87 bits per heavy atom. The maximum atomic E-state index is 5.33. The lowest BCUT2D eigenvalue weighted by atomic mass is 9.71. The fraction of sp³-hybridized carbons (Fsp3) is 0.250. The van der Waals surface area contributed by atoms with Gasteiger partial charge in [0.15, 0.2) is 16.9 Å². The molecule has 306 valence electrons. The molecule has 1 aliphatic heterocycles. The average molecular weight is 801 g/mol. The van der Waals surface area contributed by atoms with Crippen molar-refractivity contribution in [1.82, 2.24) is 9.55 Å². The van der Waals surface area contributed by atoms with E-state index in [-0.39, 0.29) is 6.17 Å². The molecule has 0 N–H and O–H groups in total. The molecule has 0 saturated heterocycles. The van der Waals surface area contributed by atoms with Gasteiger partial charge in [0.2, 0.25) is 0 Å². The molecule has 8 aromatic rings. The van der Waals surface area contributed by atoms with Gasteiger partial charge in [0.05, 0.1) is 18.3 Å². The van der Waals surface area contributed by atoms with E-state index in [1.807, 2.05) is 6.20 Å². The van der Waals surface area contributed by atoms with E-state index in [1.165, 1.54) is 78.0 Å². The van der Waals surface area contributed by atoms with Crippen LogP contribution < -0.4 is 14.4 Å². The van der Waals surface area contributed by atoms with E-state index >= 15 is 0 Å². The van der Waals surface area contributed by atoms with Crippen LogP contribution in [0, 0.1) is 27.7 Å². The minimum absolute atomic E-state index is 0.123. The standard InChI is InChI=1S/C56H58N5/c1-36(2)44-27-19-28-45(37(3)4)53(44)60-50-33-17-16-32-49(50)58(10)55(60)46-29-20-31-48(41(46)8)56(43-25-12-11-13-26-43,47-30-15-14-22-38(47)5)61-42(9)59(51-34-21-35-57-54(51)61)52-39(6)23-18-24-40(52)7/h11-37,42H,1-10H3/q+1/t42-,56?/m0/s1. The van der Waals surface area contributed by atoms with Gasteiger partial charge in [0.25, 0.3) is 5.82 Å². The highest BCUT2D eigenvalue weighted by atomic mass is 15.5. The van der Waals surface area contributed by atoms with Crippen LogP contribution in [-0.4, -0.2) is 15.7 Å². The first kappa shape index (κ1) is 40.0. The van der Waals surface area contributed by atoms with Gasteiger partial charge in [-0.15, -0.1) is 0 Å². The Morgan fingerprint density at radius 1 is 0.590 bits per heavy atom. The smallest absolute Gasteiger partial charge is 0.295 e. The molecule has 0 saturated carbocycles. The Hall–Kier alpha value is -6.46. The summed E-state index contributed by atoms with van der Waals surface area (Å²) in [5, 5.41) is 0. The minimum atomic E-state index is -0.811. The second-order valence-corrected chi connectivity index (χ2v) is 17.6. The third kappa shape index (κ3) is 6.11. The molecule has 2 aromatic heterocycles. The van der Waals surface area contributed by atoms with Crippen LogP contribution in [0.3, 0.4) is 0 Å². The zero-order valence-corrected chi connectivity index (χ0v) is 37.4. The van der Waals surface area contributed by atoms with Crippen LogP contribution in [0.25, 0.3) is 28.1 Å². The van der Waals surface area contributed by atoms with E-state index in [2.05, 4.69) is 234 Å². The molecule has 5 nitrogen and oxygen atoms in total. The van der Waals surface area contributed by atoms with E-state index in [0.29, 0.717) is 11.8 Å². The Bertz CT molecular complexity index is 2870. The predicted octanol–water partition coefficient (Wildman–Crippen LogP) is 13.3. The quantitative estimate of drug-likeness (QED) is 0.108. The number of imidazole rings is 1. The van der Waals surface area contributed by atoms with Gasteiger partial charge in [-0.05, 0) is 116 Å². The highest BCUT2D eigenvalue weighted by molar-refractivity contribution is 5.87. The molecule has 0 bridgehead atoms. The molecule has 9 rings (SSSR count). The molecular weight excluding hydrogens is 743 g/mol. The summed E-state index contributed by atoms with van der Waals surface area (Å²) in [7, 11) is 2.24. The van der Waals surface area contributed by atoms with Crippen LogP contribution in [0.15, 0.2) is 152 Å². The lowest BCUT2D eigenvalue weighted by molar-refractivity contribution is -0.633. The fourth-order valence-electron chi connectivity index (χ4n) is 10.6. The van der Waals surface area contributed by atoms with Gasteiger partial charge < -0.3 is 9.80 Å². The third-order valence-electron chi connectivity index (χ3n) is 13.3. The van der Waals surface area contributed by atoms with Crippen LogP contribution in [0.2, 0.25) is 0 Å². The first-order valence-electron chi connectivity index (χ1n) is 21.9. The number of rotatable bonds is 9. The van der Waals surface area contributed by atoms with E-state index in [4.69, 9.17) is 4.98 Å². The number of aryl methyl sites for hydroxylation is 4. The number of benzene rings is 6. The number of hydrogen-bond donors (Lipinski definition) is 0. The van der Waals surface area contributed by atoms with Crippen molar-refractivity contribution in [2.24, 2.45) is 7.05 Å². The number of fused-ring (bicyclic) bond motifs is 2. The number of aromatic nitrogens is 3. The van der Waals surface area contributed by atoms with Gasteiger partial charge in [-0.1, -0.05) is 143 Å². The van der Waals surface area contributed by atoms with Crippen LogP contribution in [0.1, 0.15) is 96.5 Å². The topological polar surface area (TPSA) is 28.2 Å². The molecule has 0 amide bonds. The zero-order chi connectivity index (χ0) is 42.7. The molecule has 1 unspecified atom stereocenters. The predicted molar refractivity (Wildman–Crippen MR) is 255 cm³/mol. The van der Waals surface area contributed by atoms with Crippen molar-refractivity contribution in [3.05, 3.63) is 202 Å². The molecule has 1 aliphatic rings. The molecule has 5 heteroatoms. The largest absolute Gasteiger partial charge is 0.317 e. The summed E-state index contributed by atoms with van der Waals surface area (Å²) in [4.78, 5) is 10.5. The Labute approximate surface area is 362 Å². The molecule has 2 atom stereocenters. The van der Waals surface area contributed by atoms with Crippen molar-refractivity contribution in [2.75, 3.05) is 9.80 Å². The second kappa shape index (κ2) is 15.5. The summed E-state index contributed by atoms with van der Waals surface area (Å²) in [6.07, 6.45) is 1.84. The van der Waals surface area contributed by atoms with Gasteiger partial charge in [0.1, 0.15) is 17.4 Å². The average Bonchev–Trinajstić information content (AvgIpc) is 3.72. The molecule has 0 fully saturated rings. The maximum absolute atomic E-state index is 5.33. The SMILES string of the molecule is Cc1ccccc1C(c1ccccc1)(c1cccc(-c2n(-c3c(C(C)C)cccc3C(C)C)c3ccccc3[n+]2C)c1C)N1c2ncccc2N(c2c(C)cccc2C)[C@@H]1C. The van der Waals surface area contributed by atoms with Crippen LogP contribution >= 0.6 is 0 Å². The molecule has 0 radical (unpaired) electrons. The number of pyridine rings is 1. The molecule has 3 heterocycles. The summed E-state index contributed by atoms with van der Waals surface area (Å²) in [6.45, 7) is 20.7. The van der Waals surface area contributed by atoms with Crippen LogP contribution in [-0.2, 0) is 12.6 Å². The van der Waals surface area contributed by atoms with Crippen molar-refractivity contribution < 1.29 is 4.57 Å². The Kier molecular flexibility index (Phi) is 10.2. The van der Waals surface area contributed by atoms with Gasteiger partial charge in [0, 0.05) is 23.0 Å². The monoisotopic (exact) mass is 800 g/mol. The van der Waals surface area contributed by atoms with Gasteiger partial charge >= 0.3 is 0 Å². The second-order valence-electron chi connectivity index (χ2n) is 17.6. The number of hydrogen-bond acceptors (Lipinski definition) is 3. The lowest BCUT2D eigenvalue weighted by Crippen LogP contribution is -2.55. The maximum Gasteiger partial charge on any atom is 0.295 e. The summed E-state index contributed by atoms with van der Waals surface area (Å²) < 4.78 is 4.99. The fourth-order valence-corrected chi connectivity index (χ4v) is 10.6. The lowest BCUT2D eigenvalue weighted by Gasteiger charge is -2.48. The van der Waals surface area contributed by atoms with Crippen LogP contribution in [0.4, 0.5) is 17.2 Å². The van der Waals surface area contributed by atoms with Crippen molar-refractivity contribution in [1.29, 1.82) is 0 Å². The van der Waals surface area contributed by atoms with Gasteiger partial charge in [-0.3, -0.25) is 0 Å². The highest BCUT2D eigenvalue weighted by Crippen LogP contribution is 2.56. The molecule has 0 aliphatic carbocycles. The van der Waals surface area contributed by atoms with Gasteiger partial charge in [-0.2, -0.15) is 4.57 Å². The molecule has 0 spiro atoms. The van der Waals surface area contributed by atoms with Crippen molar-refractivity contribution in [3.8, 4) is 17.1 Å². The number of para-hydroxylation sites is 4. The van der Waals surface area contributed by atoms with E-state index in [1.54, 1.807) is 0 Å². The molecule has 6 aromatic carbocycles. The third-order valence-corrected chi connectivity index (χ3v) is 13.3. The first-order chi connectivity index (χ1) is 29.5. The summed E-state index contributed by atoms with van der Waals surface area (Å²) >= 11 is 0. The molecular formula is C56H58N5+. The summed E-state index contributed by atoms with van der Waals surface area (Å²) in [5.74, 6) is 2.78. The number of anilines is 3. The first-order valence-corrected chi connectivity index (χ1v) is 21.9. The normalized spacial score (nSPS) is 14.9. The van der Waals surface area contributed by atoms with E-state index < -0.39 is 5.54 Å². The molecule has 61 heavy (non-hydrogen) atoms. The Morgan fingerprint density at radius 2 is 1.18 bits per heavy atom. The Balaban J connectivity index is 1.42. The highest BCUT2D eigenvalue weighted by Gasteiger charge is 2.52. The van der Waals surface area contributed by atoms with Crippen LogP contribution in [0.5, 0.6) is 0 Å².